The predicted octanol–water partition coefficient (Wildman–Crippen LogP) is -0.418. The highest BCUT2D eigenvalue weighted by molar-refractivity contribution is 4.83. The van der Waals surface area contributed by atoms with Crippen LogP contribution < -0.4 is 11.4 Å². The van der Waals surface area contributed by atoms with Gasteiger partial charge in [0, 0.05) is 0 Å². The number of epoxide rings is 1. The third-order valence-electron chi connectivity index (χ3n) is 2.59. The molecule has 0 aromatic carbocycles. The summed E-state index contributed by atoms with van der Waals surface area (Å²) in [6, 6.07) is 0. The Morgan fingerprint density at radius 2 is 1.76 bits per heavy atom. The minimum Gasteiger partial charge on any atom is -0.371 e. The van der Waals surface area contributed by atoms with Crippen molar-refractivity contribution in [2.45, 2.75) is 25.7 Å². The molecule has 1 aromatic heterocycles. The second-order valence-electron chi connectivity index (χ2n) is 3.87. The first-order valence-corrected chi connectivity index (χ1v) is 5.43. The summed E-state index contributed by atoms with van der Waals surface area (Å²) in [5.41, 5.74) is -0.664. The van der Waals surface area contributed by atoms with Gasteiger partial charge in [-0.15, -0.1) is 13.2 Å². The first kappa shape index (κ1) is 11.7. The van der Waals surface area contributed by atoms with Crippen LogP contribution in [0.3, 0.4) is 0 Å². The Balaban J connectivity index is 2.48. The molecule has 1 saturated heterocycles. The fraction of sp³-hybridized carbons (Fsp3) is 0.455. The lowest BCUT2D eigenvalue weighted by molar-refractivity contribution is 0.347. The number of nitrogens with zero attached hydrogens (tertiary/aromatic N) is 3. The zero-order chi connectivity index (χ0) is 12.4. The summed E-state index contributed by atoms with van der Waals surface area (Å²) in [7, 11) is 0. The molecular formula is C11H15N3O3. The van der Waals surface area contributed by atoms with Crippen molar-refractivity contribution in [3.05, 3.63) is 46.3 Å². The fourth-order valence-corrected chi connectivity index (χ4v) is 1.69. The smallest absolute Gasteiger partial charge is 0.347 e. The Bertz CT molecular complexity index is 545. The summed E-state index contributed by atoms with van der Waals surface area (Å²) >= 11 is 0. The van der Waals surface area contributed by atoms with E-state index in [1.807, 2.05) is 0 Å². The first-order chi connectivity index (χ1) is 8.19. The molecule has 1 atom stereocenters. The molecule has 6 heteroatoms. The van der Waals surface area contributed by atoms with Crippen LogP contribution in [0.4, 0.5) is 0 Å². The molecule has 6 nitrogen and oxygen atoms in total. The van der Waals surface area contributed by atoms with Gasteiger partial charge in [-0.3, -0.25) is 0 Å². The maximum atomic E-state index is 12.0. The lowest BCUT2D eigenvalue weighted by Gasteiger charge is -2.04. The van der Waals surface area contributed by atoms with Crippen molar-refractivity contribution in [2.24, 2.45) is 0 Å². The summed E-state index contributed by atoms with van der Waals surface area (Å²) in [5.74, 6) is 0. The number of allylic oxidation sites excluding steroid dienone is 2. The molecule has 1 fully saturated rings. The molecule has 2 rings (SSSR count). The highest BCUT2D eigenvalue weighted by Gasteiger charge is 2.26. The van der Waals surface area contributed by atoms with Crippen molar-refractivity contribution in [1.29, 1.82) is 0 Å². The monoisotopic (exact) mass is 237 g/mol. The molecule has 0 aliphatic carbocycles. The highest BCUT2D eigenvalue weighted by Crippen LogP contribution is 2.09. The van der Waals surface area contributed by atoms with Crippen molar-refractivity contribution < 1.29 is 4.74 Å². The van der Waals surface area contributed by atoms with Crippen molar-refractivity contribution >= 4 is 0 Å². The maximum absolute atomic E-state index is 12.0. The van der Waals surface area contributed by atoms with Gasteiger partial charge < -0.3 is 4.74 Å². The van der Waals surface area contributed by atoms with E-state index in [2.05, 4.69) is 13.2 Å². The van der Waals surface area contributed by atoms with Crippen molar-refractivity contribution in [3.63, 3.8) is 0 Å². The molecule has 1 unspecified atom stereocenters. The zero-order valence-electron chi connectivity index (χ0n) is 9.54. The minimum absolute atomic E-state index is 0.0442. The Labute approximate surface area is 98.0 Å². The van der Waals surface area contributed by atoms with Crippen molar-refractivity contribution in [3.8, 4) is 0 Å². The summed E-state index contributed by atoms with van der Waals surface area (Å²) in [6.07, 6.45) is 3.16. The number of hydrogen-bond donors (Lipinski definition) is 0. The molecule has 0 N–H and O–H groups in total. The van der Waals surface area contributed by atoms with E-state index >= 15 is 0 Å². The van der Waals surface area contributed by atoms with Crippen molar-refractivity contribution in [2.75, 3.05) is 6.61 Å². The molecule has 0 saturated carbocycles. The van der Waals surface area contributed by atoms with Gasteiger partial charge in [-0.1, -0.05) is 12.2 Å². The van der Waals surface area contributed by atoms with Crippen molar-refractivity contribution in [1.82, 2.24) is 13.9 Å². The lowest BCUT2D eigenvalue weighted by Crippen LogP contribution is -2.29. The lowest BCUT2D eigenvalue weighted by atomic mass is 10.5. The minimum atomic E-state index is -0.338. The zero-order valence-corrected chi connectivity index (χ0v) is 9.54. The molecule has 1 aliphatic heterocycles. The number of aromatic nitrogens is 3. The largest absolute Gasteiger partial charge is 0.371 e. The van der Waals surface area contributed by atoms with Gasteiger partial charge in [0.2, 0.25) is 0 Å². The third kappa shape index (κ3) is 2.16. The molecule has 92 valence electrons. The topological polar surface area (TPSA) is 61.5 Å². The third-order valence-corrected chi connectivity index (χ3v) is 2.59. The van der Waals surface area contributed by atoms with Crippen LogP contribution in [-0.4, -0.2) is 26.6 Å². The molecule has 17 heavy (non-hydrogen) atoms. The van der Waals surface area contributed by atoms with E-state index in [0.29, 0.717) is 19.7 Å². The summed E-state index contributed by atoms with van der Waals surface area (Å²) in [5, 5.41) is 0. The highest BCUT2D eigenvalue weighted by atomic mass is 16.6. The molecule has 1 aliphatic rings. The van der Waals surface area contributed by atoms with Gasteiger partial charge in [-0.25, -0.2) is 23.5 Å². The fourth-order valence-electron chi connectivity index (χ4n) is 1.69. The van der Waals surface area contributed by atoms with Gasteiger partial charge in [0.25, 0.3) is 0 Å². The SMILES string of the molecule is C=CCn1c(=O)n(CC=C)n(CC2CO2)c1=O. The molecule has 0 amide bonds. The normalized spacial score (nSPS) is 18.0. The Morgan fingerprint density at radius 3 is 2.29 bits per heavy atom. The van der Waals surface area contributed by atoms with Crippen LogP contribution in [-0.2, 0) is 24.4 Å². The first-order valence-electron chi connectivity index (χ1n) is 5.43. The Morgan fingerprint density at radius 1 is 1.18 bits per heavy atom. The quantitative estimate of drug-likeness (QED) is 0.499. The molecule has 2 heterocycles. The van der Waals surface area contributed by atoms with Gasteiger partial charge >= 0.3 is 11.4 Å². The van der Waals surface area contributed by atoms with Crippen LogP contribution in [0.2, 0.25) is 0 Å². The van der Waals surface area contributed by atoms with Crippen LogP contribution in [0.25, 0.3) is 0 Å². The Hall–Kier alpha value is -1.82. The van der Waals surface area contributed by atoms with Gasteiger partial charge in [0.05, 0.1) is 26.2 Å². The molecule has 0 radical (unpaired) electrons. The molecule has 0 bridgehead atoms. The predicted molar refractivity (Wildman–Crippen MR) is 63.1 cm³/mol. The van der Waals surface area contributed by atoms with Crippen LogP contribution in [0.1, 0.15) is 0 Å². The van der Waals surface area contributed by atoms with E-state index in [1.54, 1.807) is 6.08 Å². The van der Waals surface area contributed by atoms with E-state index in [-0.39, 0.29) is 24.0 Å². The van der Waals surface area contributed by atoms with Gasteiger partial charge in [-0.2, -0.15) is 0 Å². The van der Waals surface area contributed by atoms with E-state index in [4.69, 9.17) is 4.74 Å². The number of hydrogen-bond acceptors (Lipinski definition) is 3. The molecule has 1 aromatic rings. The van der Waals surface area contributed by atoms with E-state index in [0.717, 1.165) is 4.57 Å². The second-order valence-corrected chi connectivity index (χ2v) is 3.87. The van der Waals surface area contributed by atoms with Crippen LogP contribution in [0, 0.1) is 0 Å². The average Bonchev–Trinajstić information content (AvgIpc) is 3.09. The van der Waals surface area contributed by atoms with E-state index in [1.165, 1.54) is 15.4 Å². The van der Waals surface area contributed by atoms with E-state index in [9.17, 15) is 9.59 Å². The number of ether oxygens (including phenoxy) is 1. The van der Waals surface area contributed by atoms with Crippen LogP contribution >= 0.6 is 0 Å². The van der Waals surface area contributed by atoms with Crippen LogP contribution in [0.15, 0.2) is 34.9 Å². The van der Waals surface area contributed by atoms with Crippen LogP contribution in [0.5, 0.6) is 0 Å². The molecule has 0 spiro atoms. The van der Waals surface area contributed by atoms with Gasteiger partial charge in [0.15, 0.2) is 0 Å². The van der Waals surface area contributed by atoms with Gasteiger partial charge in [-0.05, 0) is 0 Å². The second kappa shape index (κ2) is 4.58. The molecular weight excluding hydrogens is 222 g/mol. The summed E-state index contributed by atoms with van der Waals surface area (Å²) < 4.78 is 9.01. The van der Waals surface area contributed by atoms with E-state index < -0.39 is 0 Å². The summed E-state index contributed by atoms with van der Waals surface area (Å²) in [6.45, 7) is 8.69. The van der Waals surface area contributed by atoms with Gasteiger partial charge in [0.1, 0.15) is 6.10 Å². The maximum Gasteiger partial charge on any atom is 0.347 e. The summed E-state index contributed by atoms with van der Waals surface area (Å²) in [4.78, 5) is 24.0. The standard InChI is InChI=1S/C11H15N3O3/c1-3-5-12-10(15)13(6-4-2)14(11(12)16)7-9-8-17-9/h3-4,9H,1-2,5-8H2. The average molecular weight is 237 g/mol. The number of rotatable bonds is 6. The Kier molecular flexibility index (Phi) is 3.14.